The first kappa shape index (κ1) is 20.7. The van der Waals surface area contributed by atoms with Gasteiger partial charge in [0.25, 0.3) is 0 Å². The molecule has 1 aliphatic heterocycles. The summed E-state index contributed by atoms with van der Waals surface area (Å²) in [5.74, 6) is 1.56. The van der Waals surface area contributed by atoms with Crippen LogP contribution in [0.4, 0.5) is 11.5 Å². The van der Waals surface area contributed by atoms with Gasteiger partial charge in [0.15, 0.2) is 5.65 Å². The number of piperidine rings is 1. The molecule has 0 bridgehead atoms. The van der Waals surface area contributed by atoms with E-state index in [0.29, 0.717) is 31.1 Å². The molecular weight excluding hydrogens is 396 g/mol. The van der Waals surface area contributed by atoms with Crippen LogP contribution in [0.25, 0.3) is 5.65 Å². The molecule has 1 unspecified atom stereocenters. The number of anilines is 2. The summed E-state index contributed by atoms with van der Waals surface area (Å²) in [5, 5.41) is 11.1. The number of carbonyl (C=O) groups is 1. The van der Waals surface area contributed by atoms with E-state index in [9.17, 15) is 4.79 Å². The normalized spacial score (nSPS) is 17.6. The Bertz CT molecular complexity index is 1110. The first-order valence-electron chi connectivity index (χ1n) is 10.3. The maximum atomic E-state index is 11.4. The summed E-state index contributed by atoms with van der Waals surface area (Å²) >= 11 is 0. The quantitative estimate of drug-likeness (QED) is 0.501. The number of amides is 1. The Labute approximate surface area is 180 Å². The lowest BCUT2D eigenvalue weighted by Gasteiger charge is -2.27. The Hall–Kier alpha value is -3.59. The number of primary amides is 1. The van der Waals surface area contributed by atoms with E-state index in [-0.39, 0.29) is 6.10 Å². The lowest BCUT2D eigenvalue weighted by Crippen LogP contribution is -2.40. The highest BCUT2D eigenvalue weighted by molar-refractivity contribution is 5.86. The molecule has 3 aromatic rings. The molecule has 1 saturated heterocycles. The van der Waals surface area contributed by atoms with Gasteiger partial charge in [0.1, 0.15) is 17.7 Å². The van der Waals surface area contributed by atoms with Crippen LogP contribution in [0.5, 0.6) is 11.6 Å². The smallest absolute Gasteiger partial charge is 0.241 e. The van der Waals surface area contributed by atoms with Gasteiger partial charge in [0.2, 0.25) is 11.8 Å². The predicted molar refractivity (Wildman–Crippen MR) is 118 cm³/mol. The van der Waals surface area contributed by atoms with Crippen LogP contribution in [0.3, 0.4) is 0 Å². The Morgan fingerprint density at radius 1 is 1.35 bits per heavy atom. The van der Waals surface area contributed by atoms with Crippen LogP contribution in [-0.2, 0) is 4.79 Å². The molecule has 1 aliphatic rings. The second kappa shape index (κ2) is 9.05. The number of nitrogens with two attached hydrogens (primary N) is 1. The Balaban J connectivity index is 1.66. The third-order valence-corrected chi connectivity index (χ3v) is 5.07. The van der Waals surface area contributed by atoms with Gasteiger partial charge in [-0.3, -0.25) is 4.79 Å². The van der Waals surface area contributed by atoms with Crippen molar-refractivity contribution in [2.75, 3.05) is 25.0 Å². The molecule has 1 fully saturated rings. The first-order valence-corrected chi connectivity index (χ1v) is 10.3. The summed E-state index contributed by atoms with van der Waals surface area (Å²) in [4.78, 5) is 16.0. The molecule has 4 N–H and O–H groups in total. The zero-order valence-corrected chi connectivity index (χ0v) is 17.6. The standard InChI is InChI=1S/C22H26N6O3/c1-3-30-17-6-4-16(5-7-17)26-21-14(2)22(27-20-9-11-25-28(20)21)31-18-13-24-10-8-15(18)12-19(23)29/h4-7,9,11-12,18,24,26H,3,8,10,13H2,1-2H3,(H2,23,29)/b15-12-. The van der Waals surface area contributed by atoms with Crippen molar-refractivity contribution in [2.24, 2.45) is 5.73 Å². The number of benzene rings is 1. The van der Waals surface area contributed by atoms with Crippen molar-refractivity contribution in [3.8, 4) is 11.6 Å². The number of rotatable bonds is 7. The minimum atomic E-state index is -0.473. The Kier molecular flexibility index (Phi) is 6.03. The van der Waals surface area contributed by atoms with Gasteiger partial charge in [0, 0.05) is 24.4 Å². The summed E-state index contributed by atoms with van der Waals surface area (Å²) < 4.78 is 13.5. The topological polar surface area (TPSA) is 116 Å². The van der Waals surface area contributed by atoms with E-state index in [0.717, 1.165) is 34.9 Å². The van der Waals surface area contributed by atoms with E-state index in [2.05, 4.69) is 20.7 Å². The maximum absolute atomic E-state index is 11.4. The molecule has 9 heteroatoms. The second-order valence-electron chi connectivity index (χ2n) is 7.26. The van der Waals surface area contributed by atoms with Crippen molar-refractivity contribution in [2.45, 2.75) is 26.4 Å². The summed E-state index contributed by atoms with van der Waals surface area (Å²) in [6.45, 7) is 5.85. The van der Waals surface area contributed by atoms with E-state index >= 15 is 0 Å². The molecule has 2 aromatic heterocycles. The third-order valence-electron chi connectivity index (χ3n) is 5.07. The first-order chi connectivity index (χ1) is 15.0. The van der Waals surface area contributed by atoms with Crippen molar-refractivity contribution >= 4 is 23.1 Å². The Morgan fingerprint density at radius 2 is 2.16 bits per heavy atom. The molecule has 3 heterocycles. The minimum Gasteiger partial charge on any atom is -0.494 e. The number of carbonyl (C=O) groups excluding carboxylic acids is 1. The maximum Gasteiger partial charge on any atom is 0.241 e. The van der Waals surface area contributed by atoms with Gasteiger partial charge in [-0.2, -0.15) is 14.6 Å². The Morgan fingerprint density at radius 3 is 2.90 bits per heavy atom. The van der Waals surface area contributed by atoms with E-state index in [4.69, 9.17) is 15.2 Å². The lowest BCUT2D eigenvalue weighted by molar-refractivity contribution is -0.113. The average molecular weight is 422 g/mol. The molecule has 0 aliphatic carbocycles. The van der Waals surface area contributed by atoms with Crippen LogP contribution in [0, 0.1) is 6.92 Å². The number of aromatic nitrogens is 3. The monoisotopic (exact) mass is 422 g/mol. The van der Waals surface area contributed by atoms with Crippen LogP contribution in [0.1, 0.15) is 18.9 Å². The summed E-state index contributed by atoms with van der Waals surface area (Å²) in [7, 11) is 0. The number of nitrogens with one attached hydrogen (secondary N) is 2. The van der Waals surface area contributed by atoms with Crippen LogP contribution in [0.15, 0.2) is 48.2 Å². The largest absolute Gasteiger partial charge is 0.494 e. The molecule has 1 amide bonds. The number of hydrogen-bond donors (Lipinski definition) is 3. The van der Waals surface area contributed by atoms with Gasteiger partial charge < -0.3 is 25.8 Å². The number of ether oxygens (including phenoxy) is 2. The second-order valence-corrected chi connectivity index (χ2v) is 7.26. The van der Waals surface area contributed by atoms with Gasteiger partial charge >= 0.3 is 0 Å². The van der Waals surface area contributed by atoms with Crippen molar-refractivity contribution in [3.63, 3.8) is 0 Å². The van der Waals surface area contributed by atoms with Crippen molar-refractivity contribution in [1.29, 1.82) is 0 Å². The van der Waals surface area contributed by atoms with Gasteiger partial charge in [-0.15, -0.1) is 0 Å². The molecule has 1 aromatic carbocycles. The van der Waals surface area contributed by atoms with Gasteiger partial charge in [-0.05, 0) is 56.7 Å². The zero-order valence-electron chi connectivity index (χ0n) is 17.6. The van der Waals surface area contributed by atoms with Crippen molar-refractivity contribution in [3.05, 3.63) is 53.7 Å². The molecule has 0 radical (unpaired) electrons. The van der Waals surface area contributed by atoms with Gasteiger partial charge in [-0.1, -0.05) is 0 Å². The highest BCUT2D eigenvalue weighted by Gasteiger charge is 2.24. The molecule has 4 rings (SSSR count). The van der Waals surface area contributed by atoms with Crippen molar-refractivity contribution in [1.82, 2.24) is 19.9 Å². The minimum absolute atomic E-state index is 0.323. The predicted octanol–water partition coefficient (Wildman–Crippen LogP) is 2.33. The van der Waals surface area contributed by atoms with Gasteiger partial charge in [0.05, 0.1) is 18.4 Å². The lowest BCUT2D eigenvalue weighted by atomic mass is 10.0. The van der Waals surface area contributed by atoms with E-state index in [1.807, 2.05) is 44.2 Å². The molecule has 31 heavy (non-hydrogen) atoms. The fraction of sp³-hybridized carbons (Fsp3) is 0.318. The fourth-order valence-corrected chi connectivity index (χ4v) is 3.56. The van der Waals surface area contributed by atoms with E-state index in [1.165, 1.54) is 6.08 Å². The summed E-state index contributed by atoms with van der Waals surface area (Å²) in [5.41, 5.74) is 8.57. The highest BCUT2D eigenvalue weighted by atomic mass is 16.5. The van der Waals surface area contributed by atoms with Crippen LogP contribution in [0.2, 0.25) is 0 Å². The SMILES string of the molecule is CCOc1ccc(Nc2c(C)c(OC3CNCC/C3=C/C(N)=O)nc3ccnn23)cc1. The summed E-state index contributed by atoms with van der Waals surface area (Å²) in [6, 6.07) is 9.53. The number of fused-ring (bicyclic) bond motifs is 1. The van der Waals surface area contributed by atoms with Gasteiger partial charge in [-0.25, -0.2) is 0 Å². The molecule has 162 valence electrons. The number of nitrogens with zero attached hydrogens (tertiary/aromatic N) is 3. The summed E-state index contributed by atoms with van der Waals surface area (Å²) in [6.07, 6.45) is 3.52. The third kappa shape index (κ3) is 4.61. The number of hydrogen-bond acceptors (Lipinski definition) is 7. The fourth-order valence-electron chi connectivity index (χ4n) is 3.56. The molecule has 0 saturated carbocycles. The van der Waals surface area contributed by atoms with Crippen LogP contribution >= 0.6 is 0 Å². The molecule has 0 spiro atoms. The van der Waals surface area contributed by atoms with Crippen LogP contribution in [-0.4, -0.2) is 46.3 Å². The molecular formula is C22H26N6O3. The van der Waals surface area contributed by atoms with Crippen LogP contribution < -0.4 is 25.8 Å². The zero-order chi connectivity index (χ0) is 21.8. The van der Waals surface area contributed by atoms with E-state index in [1.54, 1.807) is 10.7 Å². The molecule has 9 nitrogen and oxygen atoms in total. The van der Waals surface area contributed by atoms with E-state index < -0.39 is 5.91 Å². The molecule has 1 atom stereocenters. The highest BCUT2D eigenvalue weighted by Crippen LogP contribution is 2.30. The average Bonchev–Trinajstić information content (AvgIpc) is 3.22. The van der Waals surface area contributed by atoms with Crippen molar-refractivity contribution < 1.29 is 14.3 Å².